The van der Waals surface area contributed by atoms with Crippen molar-refractivity contribution in [1.29, 1.82) is 0 Å². The van der Waals surface area contributed by atoms with Crippen LogP contribution in [-0.4, -0.2) is 10.9 Å². The average Bonchev–Trinajstić information content (AvgIpc) is 2.74. The van der Waals surface area contributed by atoms with Gasteiger partial charge in [-0.1, -0.05) is 60.3 Å². The maximum Gasteiger partial charge on any atom is 0.162 e. The van der Waals surface area contributed by atoms with E-state index in [-0.39, 0.29) is 5.78 Å². The first-order chi connectivity index (χ1) is 8.75. The highest BCUT2D eigenvalue weighted by atomic mass is 16.3. The molecule has 2 heteroatoms. The molecule has 0 saturated carbocycles. The molecule has 0 spiro atoms. The van der Waals surface area contributed by atoms with E-state index >= 15 is 0 Å². The summed E-state index contributed by atoms with van der Waals surface area (Å²) in [5.41, 5.74) is 0.710. The van der Waals surface area contributed by atoms with Gasteiger partial charge in [-0.05, 0) is 12.8 Å². The van der Waals surface area contributed by atoms with Gasteiger partial charge in [-0.15, -0.1) is 0 Å². The van der Waals surface area contributed by atoms with Crippen molar-refractivity contribution in [3.8, 4) is 0 Å². The van der Waals surface area contributed by atoms with Crippen molar-refractivity contribution in [2.24, 2.45) is 0 Å². The van der Waals surface area contributed by atoms with Crippen LogP contribution in [0.1, 0.15) is 86.0 Å². The SMILES string of the molecule is CC.CC.CCCCCCCC1=C(O)CCC1=O. The predicted octanol–water partition coefficient (Wildman–Crippen LogP) is 5.57. The van der Waals surface area contributed by atoms with Gasteiger partial charge in [0, 0.05) is 18.4 Å². The Bertz CT molecular complexity index is 229. The minimum Gasteiger partial charge on any atom is -0.512 e. The van der Waals surface area contributed by atoms with E-state index in [1.165, 1.54) is 25.7 Å². The summed E-state index contributed by atoms with van der Waals surface area (Å²) in [4.78, 5) is 11.3. The molecular formula is C16H32O2. The van der Waals surface area contributed by atoms with Crippen LogP contribution in [0.3, 0.4) is 0 Å². The van der Waals surface area contributed by atoms with Crippen LogP contribution in [0.4, 0.5) is 0 Å². The molecule has 0 unspecified atom stereocenters. The molecule has 2 nitrogen and oxygen atoms in total. The Morgan fingerprint density at radius 3 is 1.94 bits per heavy atom. The lowest BCUT2D eigenvalue weighted by Gasteiger charge is -2.01. The normalized spacial score (nSPS) is 13.7. The maximum absolute atomic E-state index is 11.3. The second-order valence-corrected chi connectivity index (χ2v) is 4.01. The molecule has 0 amide bonds. The number of hydrogen-bond donors (Lipinski definition) is 1. The molecule has 0 aromatic heterocycles. The third-order valence-corrected chi connectivity index (χ3v) is 2.80. The number of carbonyl (C=O) groups excluding carboxylic acids is 1. The summed E-state index contributed by atoms with van der Waals surface area (Å²) in [6.45, 7) is 10.2. The Morgan fingerprint density at radius 1 is 0.944 bits per heavy atom. The zero-order valence-corrected chi connectivity index (χ0v) is 13.0. The summed E-state index contributed by atoms with van der Waals surface area (Å²) in [6.07, 6.45) is 7.88. The van der Waals surface area contributed by atoms with E-state index < -0.39 is 0 Å². The molecule has 0 aromatic rings. The number of aliphatic hydroxyl groups excluding tert-OH is 1. The zero-order chi connectivity index (χ0) is 14.4. The van der Waals surface area contributed by atoms with Gasteiger partial charge in [-0.3, -0.25) is 4.79 Å². The summed E-state index contributed by atoms with van der Waals surface area (Å²) in [6, 6.07) is 0. The van der Waals surface area contributed by atoms with Gasteiger partial charge in [0.15, 0.2) is 5.78 Å². The van der Waals surface area contributed by atoms with Crippen LogP contribution in [0.5, 0.6) is 0 Å². The Labute approximate surface area is 113 Å². The van der Waals surface area contributed by atoms with Crippen LogP contribution in [0, 0.1) is 0 Å². The molecule has 1 aliphatic rings. The minimum absolute atomic E-state index is 0.165. The molecule has 1 rings (SSSR count). The van der Waals surface area contributed by atoms with E-state index in [0.29, 0.717) is 24.2 Å². The number of allylic oxidation sites excluding steroid dienone is 2. The Hall–Kier alpha value is -0.790. The van der Waals surface area contributed by atoms with E-state index in [4.69, 9.17) is 0 Å². The van der Waals surface area contributed by atoms with E-state index in [9.17, 15) is 9.90 Å². The molecule has 0 heterocycles. The van der Waals surface area contributed by atoms with Crippen molar-refractivity contribution in [2.45, 2.75) is 86.0 Å². The van der Waals surface area contributed by atoms with Crippen molar-refractivity contribution in [1.82, 2.24) is 0 Å². The largest absolute Gasteiger partial charge is 0.512 e. The van der Waals surface area contributed by atoms with Crippen LogP contribution in [0.25, 0.3) is 0 Å². The summed E-state index contributed by atoms with van der Waals surface area (Å²) in [5, 5.41) is 9.42. The van der Waals surface area contributed by atoms with Gasteiger partial charge < -0.3 is 5.11 Å². The number of hydrogen-bond acceptors (Lipinski definition) is 2. The standard InChI is InChI=1S/C12H20O2.2C2H6/c1-2-3-4-5-6-7-10-11(13)8-9-12(10)14;2*1-2/h13H,2-9H2,1H3;2*1-2H3. The number of rotatable bonds is 6. The highest BCUT2D eigenvalue weighted by molar-refractivity contribution is 5.98. The van der Waals surface area contributed by atoms with E-state index in [2.05, 4.69) is 6.92 Å². The Kier molecular flexibility index (Phi) is 15.5. The van der Waals surface area contributed by atoms with E-state index in [0.717, 1.165) is 12.8 Å². The van der Waals surface area contributed by atoms with Crippen LogP contribution < -0.4 is 0 Å². The van der Waals surface area contributed by atoms with Crippen LogP contribution in [0.2, 0.25) is 0 Å². The highest BCUT2D eigenvalue weighted by Crippen LogP contribution is 2.25. The molecule has 0 fully saturated rings. The second-order valence-electron chi connectivity index (χ2n) is 4.01. The number of unbranched alkanes of at least 4 members (excludes halogenated alkanes) is 4. The lowest BCUT2D eigenvalue weighted by Crippen LogP contribution is -1.96. The molecule has 108 valence electrons. The van der Waals surface area contributed by atoms with Crippen molar-refractivity contribution >= 4 is 5.78 Å². The van der Waals surface area contributed by atoms with Gasteiger partial charge in [0.25, 0.3) is 0 Å². The predicted molar refractivity (Wildman–Crippen MR) is 80.0 cm³/mol. The number of ketones is 1. The van der Waals surface area contributed by atoms with Crippen LogP contribution >= 0.6 is 0 Å². The van der Waals surface area contributed by atoms with Gasteiger partial charge >= 0.3 is 0 Å². The van der Waals surface area contributed by atoms with Crippen molar-refractivity contribution in [2.75, 3.05) is 0 Å². The monoisotopic (exact) mass is 256 g/mol. The second kappa shape index (κ2) is 14.3. The summed E-state index contributed by atoms with van der Waals surface area (Å²) in [5.74, 6) is 0.517. The molecule has 1 N–H and O–H groups in total. The quantitative estimate of drug-likeness (QED) is 0.630. The van der Waals surface area contributed by atoms with Gasteiger partial charge in [-0.25, -0.2) is 0 Å². The van der Waals surface area contributed by atoms with Crippen LogP contribution in [-0.2, 0) is 4.79 Å². The lowest BCUT2D eigenvalue weighted by molar-refractivity contribution is -0.115. The zero-order valence-electron chi connectivity index (χ0n) is 13.0. The number of aliphatic hydroxyl groups is 1. The fourth-order valence-electron chi connectivity index (χ4n) is 1.88. The summed E-state index contributed by atoms with van der Waals surface area (Å²) >= 11 is 0. The Morgan fingerprint density at radius 2 is 1.50 bits per heavy atom. The molecule has 18 heavy (non-hydrogen) atoms. The average molecular weight is 256 g/mol. The number of carbonyl (C=O) groups is 1. The smallest absolute Gasteiger partial charge is 0.162 e. The molecule has 0 atom stereocenters. The fourth-order valence-corrected chi connectivity index (χ4v) is 1.88. The molecular weight excluding hydrogens is 224 g/mol. The summed E-state index contributed by atoms with van der Waals surface area (Å²) < 4.78 is 0. The highest BCUT2D eigenvalue weighted by Gasteiger charge is 2.21. The van der Waals surface area contributed by atoms with Gasteiger partial charge in [0.2, 0.25) is 0 Å². The topological polar surface area (TPSA) is 37.3 Å². The maximum atomic E-state index is 11.3. The van der Waals surface area contributed by atoms with Gasteiger partial charge in [0.05, 0.1) is 5.76 Å². The molecule has 0 bridgehead atoms. The molecule has 1 aliphatic carbocycles. The summed E-state index contributed by atoms with van der Waals surface area (Å²) in [7, 11) is 0. The van der Waals surface area contributed by atoms with E-state index in [1.807, 2.05) is 27.7 Å². The molecule has 0 radical (unpaired) electrons. The molecule has 0 saturated heterocycles. The third-order valence-electron chi connectivity index (χ3n) is 2.80. The van der Waals surface area contributed by atoms with Gasteiger partial charge in [0.1, 0.15) is 0 Å². The molecule has 0 aliphatic heterocycles. The van der Waals surface area contributed by atoms with Crippen molar-refractivity contribution < 1.29 is 9.90 Å². The first-order valence-electron chi connectivity index (χ1n) is 7.70. The van der Waals surface area contributed by atoms with Gasteiger partial charge in [-0.2, -0.15) is 0 Å². The van der Waals surface area contributed by atoms with Crippen molar-refractivity contribution in [3.63, 3.8) is 0 Å². The minimum atomic E-state index is 0.165. The third kappa shape index (κ3) is 8.32. The van der Waals surface area contributed by atoms with Crippen molar-refractivity contribution in [3.05, 3.63) is 11.3 Å². The molecule has 0 aromatic carbocycles. The Balaban J connectivity index is 0. The first-order valence-corrected chi connectivity index (χ1v) is 7.70. The lowest BCUT2D eigenvalue weighted by atomic mass is 10.0. The van der Waals surface area contributed by atoms with Crippen LogP contribution in [0.15, 0.2) is 11.3 Å². The number of Topliss-reactive ketones (excluding diaryl/α,β-unsaturated/α-hetero) is 1. The first kappa shape index (κ1) is 19.5. The van der Waals surface area contributed by atoms with E-state index in [1.54, 1.807) is 0 Å². The fraction of sp³-hybridized carbons (Fsp3) is 0.812.